The fourth-order valence-electron chi connectivity index (χ4n) is 2.69. The van der Waals surface area contributed by atoms with Gasteiger partial charge in [0, 0.05) is 17.2 Å². The van der Waals surface area contributed by atoms with Crippen LogP contribution in [-0.2, 0) is 4.79 Å². The van der Waals surface area contributed by atoms with E-state index in [4.69, 9.17) is 0 Å². The second-order valence-electron chi connectivity index (χ2n) is 6.11. The molecule has 23 heavy (non-hydrogen) atoms. The second kappa shape index (κ2) is 10.8. The molecule has 0 heterocycles. The largest absolute Gasteiger partial charge is 0.307 e. The molecule has 0 aliphatic heterocycles. The molecule has 1 aromatic rings. The summed E-state index contributed by atoms with van der Waals surface area (Å²) in [6.07, 6.45) is 6.86. The molecule has 0 radical (unpaired) electrons. The summed E-state index contributed by atoms with van der Waals surface area (Å²) in [4.78, 5) is 23.7. The summed E-state index contributed by atoms with van der Waals surface area (Å²) in [6, 6.07) is 9.20. The predicted octanol–water partition coefficient (Wildman–Crippen LogP) is 4.29. The normalized spacial score (nSPS) is 11.9. The van der Waals surface area contributed by atoms with Crippen LogP contribution in [0.25, 0.3) is 0 Å². The van der Waals surface area contributed by atoms with Crippen LogP contribution in [0.4, 0.5) is 5.69 Å². The van der Waals surface area contributed by atoms with Crippen LogP contribution in [0.1, 0.15) is 52.4 Å². The average molecular weight is 320 g/mol. The molecule has 1 amide bonds. The van der Waals surface area contributed by atoms with Crippen molar-refractivity contribution < 1.29 is 9.72 Å². The third-order valence-electron chi connectivity index (χ3n) is 4.01. The number of para-hydroxylation sites is 1. The quantitative estimate of drug-likeness (QED) is 0.347. The van der Waals surface area contributed by atoms with Crippen molar-refractivity contribution in [1.82, 2.24) is 0 Å². The number of carbonyl (C=O) groups excluding carboxylic acids is 1. The van der Waals surface area contributed by atoms with Gasteiger partial charge < -0.3 is 4.90 Å². The SMILES string of the molecule is CCCCCC(C)CCCN(C(=O)C[N+](=O)[O-])c1ccccc1. The number of carbonyl (C=O) groups is 1. The Hall–Kier alpha value is -1.91. The summed E-state index contributed by atoms with van der Waals surface area (Å²) in [5.41, 5.74) is 0.734. The van der Waals surface area contributed by atoms with Crippen molar-refractivity contribution in [2.24, 2.45) is 5.92 Å². The first-order chi connectivity index (χ1) is 11.0. The van der Waals surface area contributed by atoms with E-state index in [2.05, 4.69) is 13.8 Å². The molecule has 0 saturated heterocycles. The van der Waals surface area contributed by atoms with Crippen molar-refractivity contribution in [2.45, 2.75) is 52.4 Å². The lowest BCUT2D eigenvalue weighted by atomic mass is 9.98. The van der Waals surface area contributed by atoms with Crippen LogP contribution in [0.15, 0.2) is 30.3 Å². The number of amides is 1. The maximum Gasteiger partial charge on any atom is 0.298 e. The number of rotatable bonds is 11. The number of hydrogen-bond donors (Lipinski definition) is 0. The Kier molecular flexibility index (Phi) is 8.95. The average Bonchev–Trinajstić information content (AvgIpc) is 2.52. The van der Waals surface area contributed by atoms with Crippen molar-refractivity contribution in [3.05, 3.63) is 40.4 Å². The molecule has 1 unspecified atom stereocenters. The van der Waals surface area contributed by atoms with Crippen LogP contribution in [-0.4, -0.2) is 23.9 Å². The van der Waals surface area contributed by atoms with Gasteiger partial charge in [-0.1, -0.05) is 57.7 Å². The van der Waals surface area contributed by atoms with E-state index < -0.39 is 17.4 Å². The molecule has 0 aliphatic carbocycles. The fraction of sp³-hybridized carbons (Fsp3) is 0.611. The topological polar surface area (TPSA) is 63.5 Å². The van der Waals surface area contributed by atoms with Crippen molar-refractivity contribution in [1.29, 1.82) is 0 Å². The van der Waals surface area contributed by atoms with E-state index in [1.165, 1.54) is 25.7 Å². The van der Waals surface area contributed by atoms with Gasteiger partial charge >= 0.3 is 0 Å². The molecule has 5 nitrogen and oxygen atoms in total. The summed E-state index contributed by atoms with van der Waals surface area (Å²) in [7, 11) is 0. The molecule has 0 spiro atoms. The first-order valence-electron chi connectivity index (χ1n) is 8.51. The van der Waals surface area contributed by atoms with Gasteiger partial charge in [-0.3, -0.25) is 14.9 Å². The molecule has 0 saturated carbocycles. The molecular weight excluding hydrogens is 292 g/mol. The van der Waals surface area contributed by atoms with Crippen LogP contribution in [0.2, 0.25) is 0 Å². The summed E-state index contributed by atoms with van der Waals surface area (Å²) in [5.74, 6) is 0.185. The van der Waals surface area contributed by atoms with Gasteiger partial charge in [-0.25, -0.2) is 0 Å². The van der Waals surface area contributed by atoms with E-state index in [1.807, 2.05) is 30.3 Å². The number of benzene rings is 1. The maximum atomic E-state index is 12.1. The number of hydrogen-bond acceptors (Lipinski definition) is 3. The van der Waals surface area contributed by atoms with Crippen LogP contribution < -0.4 is 4.90 Å². The van der Waals surface area contributed by atoms with Crippen LogP contribution in [0, 0.1) is 16.0 Å². The zero-order chi connectivity index (χ0) is 17.1. The minimum Gasteiger partial charge on any atom is -0.307 e. The van der Waals surface area contributed by atoms with Gasteiger partial charge in [0.1, 0.15) is 0 Å². The first-order valence-corrected chi connectivity index (χ1v) is 8.51. The van der Waals surface area contributed by atoms with Crippen LogP contribution in [0.5, 0.6) is 0 Å². The smallest absolute Gasteiger partial charge is 0.298 e. The Labute approximate surface area is 138 Å². The zero-order valence-corrected chi connectivity index (χ0v) is 14.2. The maximum absolute atomic E-state index is 12.1. The molecule has 1 aromatic carbocycles. The molecule has 0 aliphatic rings. The lowest BCUT2D eigenvalue weighted by Gasteiger charge is -2.22. The molecule has 0 bridgehead atoms. The highest BCUT2D eigenvalue weighted by molar-refractivity contribution is 5.94. The summed E-state index contributed by atoms with van der Waals surface area (Å²) in [6.45, 7) is 4.32. The number of nitrogens with zero attached hydrogens (tertiary/aromatic N) is 2. The van der Waals surface area contributed by atoms with E-state index in [0.29, 0.717) is 12.5 Å². The fourth-order valence-corrected chi connectivity index (χ4v) is 2.69. The van der Waals surface area contributed by atoms with Gasteiger partial charge in [0.15, 0.2) is 0 Å². The van der Waals surface area contributed by atoms with Crippen molar-refractivity contribution in [2.75, 3.05) is 18.0 Å². The van der Waals surface area contributed by atoms with Gasteiger partial charge in [0.25, 0.3) is 12.5 Å². The minimum atomic E-state index is -0.652. The lowest BCUT2D eigenvalue weighted by Crippen LogP contribution is -2.36. The van der Waals surface area contributed by atoms with Gasteiger partial charge in [-0.05, 0) is 30.9 Å². The Morgan fingerprint density at radius 3 is 2.43 bits per heavy atom. The molecular formula is C18H28N2O3. The number of anilines is 1. The highest BCUT2D eigenvalue weighted by atomic mass is 16.6. The van der Waals surface area contributed by atoms with Crippen LogP contribution in [0.3, 0.4) is 0 Å². The Morgan fingerprint density at radius 2 is 1.83 bits per heavy atom. The third-order valence-corrected chi connectivity index (χ3v) is 4.01. The predicted molar refractivity (Wildman–Crippen MR) is 93.2 cm³/mol. The highest BCUT2D eigenvalue weighted by Crippen LogP contribution is 2.18. The second-order valence-corrected chi connectivity index (χ2v) is 6.11. The molecule has 128 valence electrons. The van der Waals surface area contributed by atoms with Crippen molar-refractivity contribution in [3.63, 3.8) is 0 Å². The summed E-state index contributed by atoms with van der Waals surface area (Å²) in [5, 5.41) is 10.6. The summed E-state index contributed by atoms with van der Waals surface area (Å²) < 4.78 is 0. The monoisotopic (exact) mass is 320 g/mol. The van der Waals surface area contributed by atoms with Crippen molar-refractivity contribution >= 4 is 11.6 Å². The molecule has 5 heteroatoms. The van der Waals surface area contributed by atoms with E-state index in [9.17, 15) is 14.9 Å². The van der Waals surface area contributed by atoms with Gasteiger partial charge in [-0.15, -0.1) is 0 Å². The minimum absolute atomic E-state index is 0.445. The molecule has 1 rings (SSSR count). The molecule has 0 aromatic heterocycles. The number of unbranched alkanes of at least 4 members (excludes halogenated alkanes) is 2. The number of nitro groups is 1. The molecule has 0 fully saturated rings. The van der Waals surface area contributed by atoms with Gasteiger partial charge in [0.2, 0.25) is 0 Å². The lowest BCUT2D eigenvalue weighted by molar-refractivity contribution is -0.467. The molecule has 1 atom stereocenters. The van der Waals surface area contributed by atoms with E-state index in [0.717, 1.165) is 18.5 Å². The van der Waals surface area contributed by atoms with Crippen LogP contribution >= 0.6 is 0 Å². The van der Waals surface area contributed by atoms with E-state index >= 15 is 0 Å². The summed E-state index contributed by atoms with van der Waals surface area (Å²) >= 11 is 0. The van der Waals surface area contributed by atoms with Crippen molar-refractivity contribution in [3.8, 4) is 0 Å². The Bertz CT molecular complexity index is 476. The first kappa shape index (κ1) is 19.1. The zero-order valence-electron chi connectivity index (χ0n) is 14.2. The Morgan fingerprint density at radius 1 is 1.17 bits per heavy atom. The molecule has 0 N–H and O–H groups in total. The third kappa shape index (κ3) is 7.77. The van der Waals surface area contributed by atoms with E-state index in [-0.39, 0.29) is 0 Å². The van der Waals surface area contributed by atoms with Gasteiger partial charge in [0.05, 0.1) is 0 Å². The van der Waals surface area contributed by atoms with Gasteiger partial charge in [-0.2, -0.15) is 0 Å². The highest BCUT2D eigenvalue weighted by Gasteiger charge is 2.20. The standard InChI is InChI=1S/C18H28N2O3/c1-3-4-6-10-16(2)11-9-14-19(18(21)15-20(22)23)17-12-7-5-8-13-17/h5,7-8,12-13,16H,3-4,6,9-11,14-15H2,1-2H3. The van der Waals surface area contributed by atoms with E-state index in [1.54, 1.807) is 4.90 Å². The Balaban J connectivity index is 2.54.